The fourth-order valence-electron chi connectivity index (χ4n) is 1.10. The van der Waals surface area contributed by atoms with Gasteiger partial charge in [0, 0.05) is 0 Å². The zero-order chi connectivity index (χ0) is 10.3. The third-order valence-corrected chi connectivity index (χ3v) is 1.84. The van der Waals surface area contributed by atoms with Gasteiger partial charge in [0.25, 0.3) is 0 Å². The van der Waals surface area contributed by atoms with Crippen LogP contribution >= 0.6 is 0 Å². The van der Waals surface area contributed by atoms with Crippen LogP contribution in [0.1, 0.15) is 27.2 Å². The quantitative estimate of drug-likeness (QED) is 0.488. The molecule has 0 aliphatic heterocycles. The minimum Gasteiger partial charge on any atom is -0.480 e. The fraction of sp³-hybridized carbons (Fsp3) is 0.700. The van der Waals surface area contributed by atoms with Crippen LogP contribution in [0, 0.1) is 5.92 Å². The predicted octanol–water partition coefficient (Wildman–Crippen LogP) is 1.65. The molecule has 0 rings (SSSR count). The lowest BCUT2D eigenvalue weighted by Gasteiger charge is -2.17. The molecule has 0 aromatic carbocycles. The highest BCUT2D eigenvalue weighted by atomic mass is 16.4. The van der Waals surface area contributed by atoms with Crippen LogP contribution in [0.15, 0.2) is 12.2 Å². The number of hydrogen-bond donors (Lipinski definition) is 2. The van der Waals surface area contributed by atoms with E-state index in [1.165, 1.54) is 0 Å². The van der Waals surface area contributed by atoms with Gasteiger partial charge in [-0.3, -0.25) is 4.79 Å². The number of carboxylic acids is 1. The van der Waals surface area contributed by atoms with Gasteiger partial charge in [-0.15, -0.1) is 0 Å². The third kappa shape index (κ3) is 5.42. The van der Waals surface area contributed by atoms with Crippen molar-refractivity contribution in [1.29, 1.82) is 0 Å². The van der Waals surface area contributed by atoms with E-state index in [2.05, 4.69) is 5.32 Å². The van der Waals surface area contributed by atoms with Gasteiger partial charge in [-0.2, -0.15) is 0 Å². The molecule has 2 N–H and O–H groups in total. The molecule has 0 aromatic rings. The van der Waals surface area contributed by atoms with Gasteiger partial charge in [-0.05, 0) is 25.8 Å². The number of nitrogens with one attached hydrogen (secondary N) is 1. The first-order chi connectivity index (χ1) is 6.09. The summed E-state index contributed by atoms with van der Waals surface area (Å²) in [7, 11) is 0. The van der Waals surface area contributed by atoms with Gasteiger partial charge in [0.05, 0.1) is 0 Å². The fourth-order valence-corrected chi connectivity index (χ4v) is 1.10. The number of hydrogen-bond acceptors (Lipinski definition) is 2. The topological polar surface area (TPSA) is 49.3 Å². The first-order valence-electron chi connectivity index (χ1n) is 4.67. The van der Waals surface area contributed by atoms with Crippen LogP contribution in [0.4, 0.5) is 0 Å². The van der Waals surface area contributed by atoms with Crippen LogP contribution in [0.5, 0.6) is 0 Å². The molecule has 0 radical (unpaired) electrons. The van der Waals surface area contributed by atoms with E-state index in [1.807, 2.05) is 32.9 Å². The van der Waals surface area contributed by atoms with E-state index >= 15 is 0 Å². The monoisotopic (exact) mass is 185 g/mol. The number of carboxylic acid groups (broad SMARTS) is 1. The highest BCUT2D eigenvalue weighted by molar-refractivity contribution is 5.73. The summed E-state index contributed by atoms with van der Waals surface area (Å²) in [6.45, 7) is 6.49. The first-order valence-corrected chi connectivity index (χ1v) is 4.67. The summed E-state index contributed by atoms with van der Waals surface area (Å²) in [5.41, 5.74) is 0. The molecule has 3 nitrogen and oxygen atoms in total. The number of rotatable bonds is 6. The Morgan fingerprint density at radius 1 is 1.54 bits per heavy atom. The van der Waals surface area contributed by atoms with E-state index in [-0.39, 0.29) is 5.92 Å². The lowest BCUT2D eigenvalue weighted by molar-refractivity contribution is -0.140. The van der Waals surface area contributed by atoms with Crippen molar-refractivity contribution in [3.63, 3.8) is 0 Å². The summed E-state index contributed by atoms with van der Waals surface area (Å²) in [6.07, 6.45) is 4.87. The van der Waals surface area contributed by atoms with Gasteiger partial charge in [0.1, 0.15) is 6.04 Å². The van der Waals surface area contributed by atoms with Gasteiger partial charge in [0.2, 0.25) is 0 Å². The molecule has 0 aromatic heterocycles. The summed E-state index contributed by atoms with van der Waals surface area (Å²) >= 11 is 0. The van der Waals surface area contributed by atoms with E-state index in [4.69, 9.17) is 5.11 Å². The minimum absolute atomic E-state index is 0.128. The molecule has 0 amide bonds. The van der Waals surface area contributed by atoms with E-state index in [1.54, 1.807) is 0 Å². The van der Waals surface area contributed by atoms with E-state index in [0.29, 0.717) is 0 Å². The van der Waals surface area contributed by atoms with E-state index in [0.717, 1.165) is 13.0 Å². The maximum atomic E-state index is 10.7. The summed E-state index contributed by atoms with van der Waals surface area (Å²) in [5, 5.41) is 11.8. The Kier molecular flexibility index (Phi) is 6.24. The highest BCUT2D eigenvalue weighted by Crippen LogP contribution is 2.01. The lowest BCUT2D eigenvalue weighted by atomic mass is 10.0. The Labute approximate surface area is 79.8 Å². The highest BCUT2D eigenvalue weighted by Gasteiger charge is 2.19. The van der Waals surface area contributed by atoms with Crippen molar-refractivity contribution in [3.05, 3.63) is 12.2 Å². The third-order valence-electron chi connectivity index (χ3n) is 1.84. The molecule has 1 atom stereocenters. The molecule has 0 saturated heterocycles. The Bertz CT molecular complexity index is 176. The molecular weight excluding hydrogens is 166 g/mol. The normalized spacial score (nSPS) is 13.8. The average molecular weight is 185 g/mol. The minimum atomic E-state index is -0.768. The number of aliphatic carboxylic acids is 1. The second-order valence-electron chi connectivity index (χ2n) is 3.37. The predicted molar refractivity (Wildman–Crippen MR) is 53.7 cm³/mol. The Balaban J connectivity index is 3.77. The van der Waals surface area contributed by atoms with Crippen molar-refractivity contribution >= 4 is 5.97 Å². The van der Waals surface area contributed by atoms with Gasteiger partial charge in [-0.1, -0.05) is 26.0 Å². The van der Waals surface area contributed by atoms with Crippen LogP contribution in [0.3, 0.4) is 0 Å². The van der Waals surface area contributed by atoms with Crippen molar-refractivity contribution in [3.8, 4) is 0 Å². The Hall–Kier alpha value is -0.830. The van der Waals surface area contributed by atoms with Gasteiger partial charge >= 0.3 is 5.97 Å². The maximum absolute atomic E-state index is 10.7. The summed E-state index contributed by atoms with van der Waals surface area (Å²) in [4.78, 5) is 10.7. The summed E-state index contributed by atoms with van der Waals surface area (Å²) in [6, 6.07) is -0.426. The smallest absolute Gasteiger partial charge is 0.320 e. The molecule has 0 spiro atoms. The van der Waals surface area contributed by atoms with Gasteiger partial charge in [0.15, 0.2) is 0 Å². The maximum Gasteiger partial charge on any atom is 0.320 e. The molecule has 13 heavy (non-hydrogen) atoms. The van der Waals surface area contributed by atoms with E-state index in [9.17, 15) is 4.79 Å². The second kappa shape index (κ2) is 6.66. The molecule has 0 heterocycles. The number of carbonyl (C=O) groups is 1. The molecule has 0 bridgehead atoms. The standard InChI is InChI=1S/C10H19NO2/c1-4-5-6-7-11-9(8(2)3)10(12)13/h4-5,8-9,11H,6-7H2,1-3H3,(H,12,13)/b5-4+. The van der Waals surface area contributed by atoms with Crippen LogP contribution < -0.4 is 5.32 Å². The lowest BCUT2D eigenvalue weighted by Crippen LogP contribution is -2.41. The molecule has 0 aliphatic carbocycles. The average Bonchev–Trinajstić information content (AvgIpc) is 2.02. The molecule has 0 saturated carbocycles. The molecule has 0 aliphatic rings. The first kappa shape index (κ1) is 12.2. The zero-order valence-electron chi connectivity index (χ0n) is 8.58. The molecule has 3 heteroatoms. The van der Waals surface area contributed by atoms with Crippen LogP contribution in [-0.4, -0.2) is 23.7 Å². The van der Waals surface area contributed by atoms with Crippen molar-refractivity contribution in [2.24, 2.45) is 5.92 Å². The Morgan fingerprint density at radius 3 is 2.54 bits per heavy atom. The molecule has 1 unspecified atom stereocenters. The SMILES string of the molecule is C/C=C/CCNC(C(=O)O)C(C)C. The van der Waals surface area contributed by atoms with Gasteiger partial charge < -0.3 is 10.4 Å². The molecule has 76 valence electrons. The van der Waals surface area contributed by atoms with Crippen molar-refractivity contribution in [1.82, 2.24) is 5.32 Å². The van der Waals surface area contributed by atoms with Crippen molar-refractivity contribution in [2.45, 2.75) is 33.2 Å². The van der Waals surface area contributed by atoms with Gasteiger partial charge in [-0.25, -0.2) is 0 Å². The Morgan fingerprint density at radius 2 is 2.15 bits per heavy atom. The summed E-state index contributed by atoms with van der Waals surface area (Å²) < 4.78 is 0. The second-order valence-corrected chi connectivity index (χ2v) is 3.37. The molecule has 0 fully saturated rings. The van der Waals surface area contributed by atoms with Crippen LogP contribution in [-0.2, 0) is 4.79 Å². The zero-order valence-corrected chi connectivity index (χ0v) is 8.58. The van der Waals surface area contributed by atoms with Crippen molar-refractivity contribution in [2.75, 3.05) is 6.54 Å². The molecular formula is C10H19NO2. The largest absolute Gasteiger partial charge is 0.480 e. The van der Waals surface area contributed by atoms with Crippen molar-refractivity contribution < 1.29 is 9.90 Å². The van der Waals surface area contributed by atoms with Crippen LogP contribution in [0.25, 0.3) is 0 Å². The summed E-state index contributed by atoms with van der Waals surface area (Å²) in [5.74, 6) is -0.640. The van der Waals surface area contributed by atoms with E-state index < -0.39 is 12.0 Å². The number of allylic oxidation sites excluding steroid dienone is 1. The van der Waals surface area contributed by atoms with Crippen LogP contribution in [0.2, 0.25) is 0 Å².